The topological polar surface area (TPSA) is 47.3 Å². The van der Waals surface area contributed by atoms with Gasteiger partial charge in [0.15, 0.2) is 0 Å². The first-order valence-electron chi connectivity index (χ1n) is 7.74. The third-order valence-corrected chi connectivity index (χ3v) is 4.47. The molecule has 0 fully saturated rings. The molecule has 1 heterocycles. The molecule has 0 amide bonds. The summed E-state index contributed by atoms with van der Waals surface area (Å²) in [5, 5.41) is 15.7. The molecular weight excluding hydrogens is 343 g/mol. The lowest BCUT2D eigenvalue weighted by Gasteiger charge is -2.17. The summed E-state index contributed by atoms with van der Waals surface area (Å²) in [6.07, 6.45) is -0.974. The van der Waals surface area contributed by atoms with E-state index in [1.54, 1.807) is 37.0 Å². The van der Waals surface area contributed by atoms with E-state index in [0.29, 0.717) is 33.8 Å². The highest BCUT2D eigenvalue weighted by atomic mass is 35.5. The summed E-state index contributed by atoms with van der Waals surface area (Å²) in [5.41, 5.74) is 3.19. The molecule has 4 nitrogen and oxygen atoms in total. The van der Waals surface area contributed by atoms with Crippen LogP contribution in [0.5, 0.6) is 5.75 Å². The Morgan fingerprint density at radius 2 is 1.96 bits per heavy atom. The number of aliphatic hydroxyl groups excluding tert-OH is 1. The maximum atomic E-state index is 13.4. The number of aliphatic hydroxyl groups is 1. The molecule has 0 aliphatic rings. The molecule has 1 aromatic heterocycles. The summed E-state index contributed by atoms with van der Waals surface area (Å²) in [6, 6.07) is 11.4. The summed E-state index contributed by atoms with van der Waals surface area (Å²) in [4.78, 5) is 0. The van der Waals surface area contributed by atoms with Crippen LogP contribution in [0.3, 0.4) is 0 Å². The second-order valence-corrected chi connectivity index (χ2v) is 6.15. The minimum atomic E-state index is -0.974. The fraction of sp³-hybridized carbons (Fsp3) is 0.211. The van der Waals surface area contributed by atoms with E-state index in [1.807, 2.05) is 19.1 Å². The molecule has 3 rings (SSSR count). The Labute approximate surface area is 150 Å². The fourth-order valence-corrected chi connectivity index (χ4v) is 3.32. The predicted octanol–water partition coefficient (Wildman–Crippen LogP) is 4.28. The molecule has 130 valence electrons. The summed E-state index contributed by atoms with van der Waals surface area (Å²) in [5.74, 6) is 0.159. The molecule has 0 saturated carbocycles. The average Bonchev–Trinajstić information content (AvgIpc) is 2.88. The Morgan fingerprint density at radius 1 is 1.24 bits per heavy atom. The molecule has 1 atom stereocenters. The van der Waals surface area contributed by atoms with Gasteiger partial charge in [0.2, 0.25) is 0 Å². The van der Waals surface area contributed by atoms with E-state index in [0.717, 1.165) is 0 Å². The Kier molecular flexibility index (Phi) is 4.79. The lowest BCUT2D eigenvalue weighted by Crippen LogP contribution is -2.09. The zero-order valence-electron chi connectivity index (χ0n) is 14.1. The van der Waals surface area contributed by atoms with E-state index < -0.39 is 11.9 Å². The Morgan fingerprint density at radius 3 is 2.64 bits per heavy atom. The molecule has 3 aromatic rings. The van der Waals surface area contributed by atoms with Gasteiger partial charge in [-0.05, 0) is 31.2 Å². The number of rotatable bonds is 4. The maximum absolute atomic E-state index is 13.4. The highest BCUT2D eigenvalue weighted by Crippen LogP contribution is 2.39. The molecule has 2 aromatic carbocycles. The lowest BCUT2D eigenvalue weighted by atomic mass is 9.96. The fourth-order valence-electron chi connectivity index (χ4n) is 3.05. The largest absolute Gasteiger partial charge is 0.496 e. The molecule has 0 bridgehead atoms. The average molecular weight is 361 g/mol. The first-order valence-corrected chi connectivity index (χ1v) is 8.11. The quantitative estimate of drug-likeness (QED) is 0.755. The van der Waals surface area contributed by atoms with Crippen LogP contribution in [0, 0.1) is 12.7 Å². The van der Waals surface area contributed by atoms with E-state index >= 15 is 0 Å². The number of methoxy groups -OCH3 is 1. The maximum Gasteiger partial charge on any atom is 0.125 e. The van der Waals surface area contributed by atoms with Crippen LogP contribution in [0.15, 0.2) is 42.5 Å². The van der Waals surface area contributed by atoms with Gasteiger partial charge in [0.05, 0.1) is 23.5 Å². The van der Waals surface area contributed by atoms with Gasteiger partial charge in [0.25, 0.3) is 0 Å². The highest BCUT2D eigenvalue weighted by Gasteiger charge is 2.26. The molecule has 0 radical (unpaired) electrons. The molecule has 0 saturated heterocycles. The van der Waals surface area contributed by atoms with Crippen molar-refractivity contribution in [3.8, 4) is 16.9 Å². The number of hydrogen-bond acceptors (Lipinski definition) is 3. The highest BCUT2D eigenvalue weighted by molar-refractivity contribution is 6.33. The van der Waals surface area contributed by atoms with Crippen LogP contribution in [0.1, 0.15) is 23.1 Å². The van der Waals surface area contributed by atoms with Crippen LogP contribution < -0.4 is 4.74 Å². The Balaban J connectivity index is 2.20. The molecule has 6 heteroatoms. The molecular formula is C19H18ClFN2O2. The van der Waals surface area contributed by atoms with Crippen molar-refractivity contribution in [1.82, 2.24) is 9.78 Å². The van der Waals surface area contributed by atoms with Crippen molar-refractivity contribution in [2.45, 2.75) is 13.0 Å². The zero-order chi connectivity index (χ0) is 18.1. The van der Waals surface area contributed by atoms with Crippen molar-refractivity contribution >= 4 is 11.6 Å². The van der Waals surface area contributed by atoms with Crippen LogP contribution in [0.4, 0.5) is 4.39 Å². The molecule has 0 aliphatic heterocycles. The SMILES string of the molecule is COc1ccccc1C(O)c1c(-c2ccc(F)cc2Cl)c(C)nn1C. The summed E-state index contributed by atoms with van der Waals surface area (Å²) >= 11 is 6.24. The van der Waals surface area contributed by atoms with Crippen molar-refractivity contribution in [3.05, 3.63) is 70.3 Å². The summed E-state index contributed by atoms with van der Waals surface area (Å²) in [6.45, 7) is 1.83. The zero-order valence-corrected chi connectivity index (χ0v) is 14.9. The minimum absolute atomic E-state index is 0.268. The third-order valence-electron chi connectivity index (χ3n) is 4.16. The predicted molar refractivity (Wildman–Crippen MR) is 95.4 cm³/mol. The van der Waals surface area contributed by atoms with Gasteiger partial charge in [-0.25, -0.2) is 4.39 Å². The van der Waals surface area contributed by atoms with Gasteiger partial charge in [-0.15, -0.1) is 0 Å². The van der Waals surface area contributed by atoms with Crippen LogP contribution >= 0.6 is 11.6 Å². The monoisotopic (exact) mass is 360 g/mol. The summed E-state index contributed by atoms with van der Waals surface area (Å²) in [7, 11) is 3.31. The number of benzene rings is 2. The Hall–Kier alpha value is -2.37. The van der Waals surface area contributed by atoms with Crippen LogP contribution in [0.25, 0.3) is 11.1 Å². The molecule has 0 aliphatic carbocycles. The molecule has 25 heavy (non-hydrogen) atoms. The van der Waals surface area contributed by atoms with Crippen molar-refractivity contribution in [2.24, 2.45) is 7.05 Å². The van der Waals surface area contributed by atoms with Gasteiger partial charge in [-0.3, -0.25) is 4.68 Å². The number of nitrogens with zero attached hydrogens (tertiary/aromatic N) is 2. The van der Waals surface area contributed by atoms with Crippen LogP contribution in [-0.4, -0.2) is 22.0 Å². The number of aromatic nitrogens is 2. The second-order valence-electron chi connectivity index (χ2n) is 5.74. The molecule has 1 N–H and O–H groups in total. The van der Waals surface area contributed by atoms with Crippen LogP contribution in [-0.2, 0) is 7.05 Å². The molecule has 1 unspecified atom stereocenters. The normalized spacial score (nSPS) is 12.2. The summed E-state index contributed by atoms with van der Waals surface area (Å²) < 4.78 is 20.4. The smallest absolute Gasteiger partial charge is 0.125 e. The second kappa shape index (κ2) is 6.86. The lowest BCUT2D eigenvalue weighted by molar-refractivity contribution is 0.205. The standard InChI is InChI=1S/C19H18ClFN2O2/c1-11-17(13-9-8-12(21)10-15(13)20)18(23(2)22-11)19(24)14-6-4-5-7-16(14)25-3/h4-10,19,24H,1-3H3. The van der Waals surface area contributed by atoms with Gasteiger partial charge < -0.3 is 9.84 Å². The van der Waals surface area contributed by atoms with Gasteiger partial charge >= 0.3 is 0 Å². The van der Waals surface area contributed by atoms with Gasteiger partial charge in [0, 0.05) is 23.7 Å². The number of halogens is 2. The first kappa shape index (κ1) is 17.5. The van der Waals surface area contributed by atoms with E-state index in [1.165, 1.54) is 12.1 Å². The first-order chi connectivity index (χ1) is 11.9. The third kappa shape index (κ3) is 3.13. The van der Waals surface area contributed by atoms with Crippen molar-refractivity contribution in [2.75, 3.05) is 7.11 Å². The van der Waals surface area contributed by atoms with Gasteiger partial charge in [0.1, 0.15) is 17.7 Å². The van der Waals surface area contributed by atoms with Crippen molar-refractivity contribution in [3.63, 3.8) is 0 Å². The number of aryl methyl sites for hydroxylation is 2. The van der Waals surface area contributed by atoms with Gasteiger partial charge in [-0.2, -0.15) is 5.10 Å². The van der Waals surface area contributed by atoms with E-state index in [-0.39, 0.29) is 5.02 Å². The number of ether oxygens (including phenoxy) is 1. The van der Waals surface area contributed by atoms with E-state index in [2.05, 4.69) is 5.10 Å². The Bertz CT molecular complexity index is 924. The molecule has 0 spiro atoms. The number of para-hydroxylation sites is 1. The van der Waals surface area contributed by atoms with Gasteiger partial charge in [-0.1, -0.05) is 29.8 Å². The van der Waals surface area contributed by atoms with Crippen molar-refractivity contribution < 1.29 is 14.2 Å². The van der Waals surface area contributed by atoms with Crippen LogP contribution in [0.2, 0.25) is 5.02 Å². The number of hydrogen-bond donors (Lipinski definition) is 1. The van der Waals surface area contributed by atoms with E-state index in [4.69, 9.17) is 16.3 Å². The van der Waals surface area contributed by atoms with E-state index in [9.17, 15) is 9.50 Å². The minimum Gasteiger partial charge on any atom is -0.496 e. The van der Waals surface area contributed by atoms with Crippen molar-refractivity contribution in [1.29, 1.82) is 0 Å².